The summed E-state index contributed by atoms with van der Waals surface area (Å²) in [5, 5.41) is 13.4. The van der Waals surface area contributed by atoms with E-state index in [2.05, 4.69) is 17.4 Å². The SMILES string of the molecule is Cc1oc2ccccc2c1CNCCCCCCO. The van der Waals surface area contributed by atoms with Gasteiger partial charge in [-0.15, -0.1) is 0 Å². The van der Waals surface area contributed by atoms with Crippen LogP contribution in [0.2, 0.25) is 0 Å². The molecule has 0 aliphatic carbocycles. The molecule has 0 fully saturated rings. The second-order valence-electron chi connectivity index (χ2n) is 4.95. The molecule has 2 rings (SSSR count). The Morgan fingerprint density at radius 3 is 2.74 bits per heavy atom. The van der Waals surface area contributed by atoms with Gasteiger partial charge >= 0.3 is 0 Å². The summed E-state index contributed by atoms with van der Waals surface area (Å²) < 4.78 is 5.74. The normalized spacial score (nSPS) is 11.3. The molecule has 0 unspecified atom stereocenters. The Morgan fingerprint density at radius 2 is 1.89 bits per heavy atom. The number of hydrogen-bond acceptors (Lipinski definition) is 3. The van der Waals surface area contributed by atoms with E-state index < -0.39 is 0 Å². The predicted octanol–water partition coefficient (Wildman–Crippen LogP) is 3.38. The summed E-state index contributed by atoms with van der Waals surface area (Å²) in [6, 6.07) is 8.18. The van der Waals surface area contributed by atoms with E-state index in [-0.39, 0.29) is 0 Å². The van der Waals surface area contributed by atoms with E-state index in [1.165, 1.54) is 17.4 Å². The third-order valence-corrected chi connectivity index (χ3v) is 3.46. The Bertz CT molecular complexity index is 504. The largest absolute Gasteiger partial charge is 0.461 e. The first-order valence-electron chi connectivity index (χ1n) is 7.11. The van der Waals surface area contributed by atoms with Gasteiger partial charge in [0.2, 0.25) is 0 Å². The minimum absolute atomic E-state index is 0.313. The van der Waals surface area contributed by atoms with Gasteiger partial charge in [0.05, 0.1) is 0 Å². The van der Waals surface area contributed by atoms with Crippen molar-refractivity contribution in [3.63, 3.8) is 0 Å². The molecule has 2 aromatic rings. The fraction of sp³-hybridized carbons (Fsp3) is 0.500. The average molecular weight is 261 g/mol. The number of aryl methyl sites for hydroxylation is 1. The Kier molecular flexibility index (Phi) is 5.43. The van der Waals surface area contributed by atoms with Gasteiger partial charge in [0.15, 0.2) is 0 Å². The zero-order chi connectivity index (χ0) is 13.5. The second kappa shape index (κ2) is 7.31. The van der Waals surface area contributed by atoms with Crippen LogP contribution in [0.5, 0.6) is 0 Å². The van der Waals surface area contributed by atoms with Gasteiger partial charge in [-0.2, -0.15) is 0 Å². The molecule has 0 spiro atoms. The van der Waals surface area contributed by atoms with E-state index in [9.17, 15) is 0 Å². The van der Waals surface area contributed by atoms with Gasteiger partial charge in [0.1, 0.15) is 11.3 Å². The minimum atomic E-state index is 0.313. The molecule has 0 atom stereocenters. The lowest BCUT2D eigenvalue weighted by Gasteiger charge is -2.04. The van der Waals surface area contributed by atoms with Crippen molar-refractivity contribution in [1.82, 2.24) is 5.32 Å². The molecule has 104 valence electrons. The maximum atomic E-state index is 8.70. The first-order chi connectivity index (χ1) is 9.33. The highest BCUT2D eigenvalue weighted by atomic mass is 16.3. The summed E-state index contributed by atoms with van der Waals surface area (Å²) in [7, 11) is 0. The summed E-state index contributed by atoms with van der Waals surface area (Å²) in [6.07, 6.45) is 4.38. The van der Waals surface area contributed by atoms with Crippen molar-refractivity contribution >= 4 is 11.0 Å². The molecule has 0 saturated heterocycles. The second-order valence-corrected chi connectivity index (χ2v) is 4.95. The lowest BCUT2D eigenvalue weighted by Crippen LogP contribution is -2.15. The van der Waals surface area contributed by atoms with Crippen LogP contribution in [-0.2, 0) is 6.54 Å². The summed E-state index contributed by atoms with van der Waals surface area (Å²) in [5.41, 5.74) is 2.24. The lowest BCUT2D eigenvalue weighted by atomic mass is 10.1. The van der Waals surface area contributed by atoms with Crippen molar-refractivity contribution in [2.75, 3.05) is 13.2 Å². The van der Waals surface area contributed by atoms with Gasteiger partial charge in [-0.05, 0) is 32.4 Å². The number of unbranched alkanes of at least 4 members (excludes halogenated alkanes) is 3. The molecule has 19 heavy (non-hydrogen) atoms. The number of fused-ring (bicyclic) bond motifs is 1. The van der Waals surface area contributed by atoms with Crippen LogP contribution >= 0.6 is 0 Å². The highest BCUT2D eigenvalue weighted by Gasteiger charge is 2.09. The maximum absolute atomic E-state index is 8.70. The van der Waals surface area contributed by atoms with Gasteiger partial charge in [-0.25, -0.2) is 0 Å². The van der Waals surface area contributed by atoms with Crippen LogP contribution in [0.4, 0.5) is 0 Å². The molecule has 2 N–H and O–H groups in total. The van der Waals surface area contributed by atoms with E-state index in [1.807, 2.05) is 19.1 Å². The number of rotatable bonds is 8. The van der Waals surface area contributed by atoms with Crippen LogP contribution in [0, 0.1) is 6.92 Å². The van der Waals surface area contributed by atoms with Gasteiger partial charge in [-0.1, -0.05) is 31.0 Å². The fourth-order valence-corrected chi connectivity index (χ4v) is 2.37. The molecule has 1 heterocycles. The maximum Gasteiger partial charge on any atom is 0.134 e. The molecule has 0 aliphatic rings. The summed E-state index contributed by atoms with van der Waals surface area (Å²) >= 11 is 0. The number of aliphatic hydroxyl groups excluding tert-OH is 1. The third-order valence-electron chi connectivity index (χ3n) is 3.46. The minimum Gasteiger partial charge on any atom is -0.461 e. The Morgan fingerprint density at radius 1 is 1.11 bits per heavy atom. The molecule has 0 aliphatic heterocycles. The van der Waals surface area contributed by atoms with Crippen LogP contribution in [0.15, 0.2) is 28.7 Å². The van der Waals surface area contributed by atoms with Gasteiger partial charge in [0.25, 0.3) is 0 Å². The van der Waals surface area contributed by atoms with Crippen LogP contribution < -0.4 is 5.32 Å². The number of hydrogen-bond donors (Lipinski definition) is 2. The van der Waals surface area contributed by atoms with E-state index in [0.29, 0.717) is 6.61 Å². The van der Waals surface area contributed by atoms with E-state index in [1.54, 1.807) is 0 Å². The highest BCUT2D eigenvalue weighted by molar-refractivity contribution is 5.82. The molecular weight excluding hydrogens is 238 g/mol. The zero-order valence-electron chi connectivity index (χ0n) is 11.6. The van der Waals surface area contributed by atoms with Crippen LogP contribution in [0.3, 0.4) is 0 Å². The average Bonchev–Trinajstić information content (AvgIpc) is 2.74. The Hall–Kier alpha value is -1.32. The van der Waals surface area contributed by atoms with Gasteiger partial charge in [-0.3, -0.25) is 0 Å². The monoisotopic (exact) mass is 261 g/mol. The van der Waals surface area contributed by atoms with Crippen LogP contribution in [0.25, 0.3) is 11.0 Å². The van der Waals surface area contributed by atoms with Crippen LogP contribution in [-0.4, -0.2) is 18.3 Å². The van der Waals surface area contributed by atoms with Crippen molar-refractivity contribution < 1.29 is 9.52 Å². The van der Waals surface area contributed by atoms with Crippen molar-refractivity contribution in [2.45, 2.75) is 39.2 Å². The zero-order valence-corrected chi connectivity index (χ0v) is 11.6. The molecule has 0 amide bonds. The number of para-hydroxylation sites is 1. The number of benzene rings is 1. The molecule has 0 radical (unpaired) electrons. The predicted molar refractivity (Wildman–Crippen MR) is 78.2 cm³/mol. The molecule has 3 heteroatoms. The molecule has 0 saturated carbocycles. The molecule has 3 nitrogen and oxygen atoms in total. The van der Waals surface area contributed by atoms with E-state index in [4.69, 9.17) is 9.52 Å². The first-order valence-corrected chi connectivity index (χ1v) is 7.11. The summed E-state index contributed by atoms with van der Waals surface area (Å²) in [6.45, 7) is 4.22. The standard InChI is InChI=1S/C16H23NO2/c1-13-15(12-17-10-6-2-3-7-11-18)14-8-4-5-9-16(14)19-13/h4-5,8-9,17-18H,2-3,6-7,10-12H2,1H3. The van der Waals surface area contributed by atoms with E-state index in [0.717, 1.165) is 43.7 Å². The number of furan rings is 1. The molecule has 0 bridgehead atoms. The highest BCUT2D eigenvalue weighted by Crippen LogP contribution is 2.24. The van der Waals surface area contributed by atoms with Crippen molar-refractivity contribution in [2.24, 2.45) is 0 Å². The van der Waals surface area contributed by atoms with Crippen molar-refractivity contribution in [1.29, 1.82) is 0 Å². The fourth-order valence-electron chi connectivity index (χ4n) is 2.37. The molecule has 1 aromatic heterocycles. The first kappa shape index (κ1) is 14.1. The lowest BCUT2D eigenvalue weighted by molar-refractivity contribution is 0.282. The number of aliphatic hydroxyl groups is 1. The summed E-state index contributed by atoms with van der Waals surface area (Å²) in [4.78, 5) is 0. The van der Waals surface area contributed by atoms with E-state index >= 15 is 0 Å². The summed E-state index contributed by atoms with van der Waals surface area (Å²) in [5.74, 6) is 1.01. The topological polar surface area (TPSA) is 45.4 Å². The van der Waals surface area contributed by atoms with Crippen molar-refractivity contribution in [3.05, 3.63) is 35.6 Å². The number of nitrogens with one attached hydrogen (secondary N) is 1. The quantitative estimate of drug-likeness (QED) is 0.716. The molecule has 1 aromatic carbocycles. The third kappa shape index (κ3) is 3.82. The van der Waals surface area contributed by atoms with Crippen LogP contribution in [0.1, 0.15) is 37.0 Å². The Labute approximate surface area is 114 Å². The Balaban J connectivity index is 1.80. The van der Waals surface area contributed by atoms with Gasteiger partial charge < -0.3 is 14.8 Å². The smallest absolute Gasteiger partial charge is 0.134 e. The molecular formula is C16H23NO2. The van der Waals surface area contributed by atoms with Gasteiger partial charge in [0, 0.05) is 24.1 Å². The van der Waals surface area contributed by atoms with Crippen molar-refractivity contribution in [3.8, 4) is 0 Å².